The van der Waals surface area contributed by atoms with Crippen LogP contribution >= 0.6 is 0 Å². The Morgan fingerprint density at radius 3 is 2.43 bits per heavy atom. The Morgan fingerprint density at radius 1 is 1.07 bits per heavy atom. The minimum absolute atomic E-state index is 0. The number of aryl methyl sites for hydroxylation is 1. The second-order valence-corrected chi connectivity index (χ2v) is 8.18. The largest absolute Gasteiger partial charge is 1.00 e. The zero-order valence-electron chi connectivity index (χ0n) is 17.4. The molecule has 3 aliphatic rings. The number of anilines is 3. The molecule has 1 aromatic carbocycles. The predicted molar refractivity (Wildman–Crippen MR) is 107 cm³/mol. The summed E-state index contributed by atoms with van der Waals surface area (Å²) in [5, 5.41) is 15.1. The van der Waals surface area contributed by atoms with Crippen molar-refractivity contribution in [1.29, 1.82) is 0 Å². The van der Waals surface area contributed by atoms with Crippen LogP contribution in [0.4, 0.5) is 17.5 Å². The molecule has 8 heteroatoms. The summed E-state index contributed by atoms with van der Waals surface area (Å²) in [4.78, 5) is 23.5. The molecule has 0 bridgehead atoms. The summed E-state index contributed by atoms with van der Waals surface area (Å²) in [5.74, 6) is 0.659. The van der Waals surface area contributed by atoms with Gasteiger partial charge in [0.05, 0.1) is 24.9 Å². The third-order valence-corrected chi connectivity index (χ3v) is 6.51. The number of hydrogen-bond donors (Lipinski definition) is 1. The van der Waals surface area contributed by atoms with Crippen LogP contribution in [-0.2, 0) is 27.8 Å². The maximum atomic E-state index is 11.6. The van der Waals surface area contributed by atoms with Crippen LogP contribution in [0.15, 0.2) is 24.3 Å². The van der Waals surface area contributed by atoms with Crippen molar-refractivity contribution in [2.24, 2.45) is 0 Å². The number of hydrogen-bond acceptors (Lipinski definition) is 7. The molecule has 152 valence electrons. The van der Waals surface area contributed by atoms with Gasteiger partial charge in [-0.15, -0.1) is 0 Å². The molecule has 2 aromatic rings. The van der Waals surface area contributed by atoms with Crippen molar-refractivity contribution in [3.8, 4) is 0 Å². The number of benzene rings is 1. The van der Waals surface area contributed by atoms with Crippen molar-refractivity contribution in [3.63, 3.8) is 0 Å². The summed E-state index contributed by atoms with van der Waals surface area (Å²) >= 11 is 0. The van der Waals surface area contributed by atoms with E-state index in [2.05, 4.69) is 10.2 Å². The maximum absolute atomic E-state index is 11.6. The molecule has 7 nitrogen and oxygen atoms in total. The number of carbonyl (C=O) groups excluding carboxylic acids is 1. The van der Waals surface area contributed by atoms with Gasteiger partial charge >= 0.3 is 29.6 Å². The van der Waals surface area contributed by atoms with Crippen LogP contribution in [-0.4, -0.2) is 42.2 Å². The van der Waals surface area contributed by atoms with E-state index in [4.69, 9.17) is 14.7 Å². The Bertz CT molecular complexity index is 925. The number of ether oxygens (including phenoxy) is 1. The molecule has 1 saturated heterocycles. The minimum atomic E-state index is -0.965. The zero-order chi connectivity index (χ0) is 19.8. The van der Waals surface area contributed by atoms with Gasteiger partial charge in [0.15, 0.2) is 0 Å². The van der Waals surface area contributed by atoms with E-state index in [-0.39, 0.29) is 29.6 Å². The number of carbonyl (C=O) groups is 1. The van der Waals surface area contributed by atoms with Gasteiger partial charge in [0.25, 0.3) is 0 Å². The summed E-state index contributed by atoms with van der Waals surface area (Å²) < 4.78 is 5.45. The monoisotopic (exact) mass is 416 g/mol. The minimum Gasteiger partial charge on any atom is -0.549 e. The number of rotatable bonds is 5. The van der Waals surface area contributed by atoms with Gasteiger partial charge in [-0.25, -0.2) is 4.98 Å². The van der Waals surface area contributed by atoms with Crippen molar-refractivity contribution in [3.05, 3.63) is 41.1 Å². The van der Waals surface area contributed by atoms with Crippen LogP contribution < -0.4 is 44.9 Å². The fourth-order valence-corrected chi connectivity index (χ4v) is 4.58. The topological polar surface area (TPSA) is 90.4 Å². The Kier molecular flexibility index (Phi) is 6.34. The molecule has 0 atom stereocenters. The van der Waals surface area contributed by atoms with Crippen LogP contribution in [0, 0.1) is 0 Å². The molecular weight excluding hydrogens is 391 g/mol. The standard InChI is InChI=1S/C22H26N4O3.Na/c27-20(28)22(9-2-10-22)15-5-7-16(8-6-15)23-19-17-3-1-4-18(17)24-21(25-19)26-11-13-29-14-12-26;/h5-8H,1-4,9-14H2,(H,27,28)(H,23,24,25);/q;+1/p-1. The summed E-state index contributed by atoms with van der Waals surface area (Å²) in [6.07, 6.45) is 5.31. The Balaban J connectivity index is 0.00000218. The average molecular weight is 416 g/mol. The fraction of sp³-hybridized carbons (Fsp3) is 0.500. The molecule has 2 aliphatic carbocycles. The van der Waals surface area contributed by atoms with E-state index in [0.29, 0.717) is 26.1 Å². The van der Waals surface area contributed by atoms with Crippen molar-refractivity contribution in [2.45, 2.75) is 43.9 Å². The first-order valence-electron chi connectivity index (χ1n) is 10.5. The van der Waals surface area contributed by atoms with Crippen molar-refractivity contribution in [2.75, 3.05) is 36.5 Å². The fourth-order valence-electron chi connectivity index (χ4n) is 4.58. The molecule has 30 heavy (non-hydrogen) atoms. The smallest absolute Gasteiger partial charge is 0.549 e. The van der Waals surface area contributed by atoms with Crippen molar-refractivity contribution >= 4 is 23.4 Å². The van der Waals surface area contributed by atoms with E-state index in [0.717, 1.165) is 67.5 Å². The van der Waals surface area contributed by atoms with Crippen LogP contribution in [0.25, 0.3) is 0 Å². The Hall–Kier alpha value is -1.67. The summed E-state index contributed by atoms with van der Waals surface area (Å²) in [6.45, 7) is 3.01. The number of fused-ring (bicyclic) bond motifs is 1. The van der Waals surface area contributed by atoms with Crippen LogP contribution in [0.5, 0.6) is 0 Å². The third kappa shape index (κ3) is 3.84. The second kappa shape index (κ2) is 8.83. The molecule has 1 N–H and O–H groups in total. The van der Waals surface area contributed by atoms with E-state index >= 15 is 0 Å². The van der Waals surface area contributed by atoms with Gasteiger partial charge in [0, 0.05) is 29.8 Å². The van der Waals surface area contributed by atoms with Crippen molar-refractivity contribution in [1.82, 2.24) is 9.97 Å². The molecular formula is C22H25N4NaO3. The molecule has 0 amide bonds. The average Bonchev–Trinajstić information content (AvgIpc) is 3.18. The van der Waals surface area contributed by atoms with E-state index in [1.807, 2.05) is 24.3 Å². The number of aliphatic carboxylic acids is 1. The molecule has 0 unspecified atom stereocenters. The van der Waals surface area contributed by atoms with Gasteiger partial charge in [0.2, 0.25) is 5.95 Å². The number of carboxylic acid groups (broad SMARTS) is 1. The number of nitrogens with zero attached hydrogens (tertiary/aromatic N) is 3. The number of morpholine rings is 1. The number of nitrogens with one attached hydrogen (secondary N) is 1. The molecule has 5 rings (SSSR count). The van der Waals surface area contributed by atoms with Gasteiger partial charge in [-0.1, -0.05) is 18.6 Å². The van der Waals surface area contributed by atoms with E-state index in [1.54, 1.807) is 0 Å². The first-order valence-corrected chi connectivity index (χ1v) is 10.5. The summed E-state index contributed by atoms with van der Waals surface area (Å²) in [7, 11) is 0. The van der Waals surface area contributed by atoms with E-state index in [1.165, 1.54) is 5.56 Å². The van der Waals surface area contributed by atoms with Crippen LogP contribution in [0.3, 0.4) is 0 Å². The molecule has 0 radical (unpaired) electrons. The maximum Gasteiger partial charge on any atom is 1.00 e. The van der Waals surface area contributed by atoms with Gasteiger partial charge in [-0.05, 0) is 49.8 Å². The Labute approximate surface area is 198 Å². The molecule has 1 aromatic heterocycles. The zero-order valence-corrected chi connectivity index (χ0v) is 19.4. The number of carboxylic acids is 1. The Morgan fingerprint density at radius 2 is 1.80 bits per heavy atom. The molecule has 2 fully saturated rings. The SMILES string of the molecule is O=C([O-])C1(c2ccc(Nc3nc(N4CCOCC4)nc4c3CCC4)cc2)CCC1.[Na+]. The molecule has 1 aliphatic heterocycles. The first kappa shape index (κ1) is 21.6. The first-order chi connectivity index (χ1) is 14.2. The summed E-state index contributed by atoms with van der Waals surface area (Å²) in [5.41, 5.74) is 3.25. The van der Waals surface area contributed by atoms with E-state index in [9.17, 15) is 9.90 Å². The van der Waals surface area contributed by atoms with Gasteiger partial charge in [0.1, 0.15) is 5.82 Å². The van der Waals surface area contributed by atoms with Crippen molar-refractivity contribution < 1.29 is 44.2 Å². The third-order valence-electron chi connectivity index (χ3n) is 6.51. The molecule has 2 heterocycles. The van der Waals surface area contributed by atoms with Crippen LogP contribution in [0.1, 0.15) is 42.5 Å². The second-order valence-electron chi connectivity index (χ2n) is 8.18. The molecule has 1 saturated carbocycles. The van der Waals surface area contributed by atoms with Gasteiger partial charge in [-0.3, -0.25) is 0 Å². The van der Waals surface area contributed by atoms with E-state index < -0.39 is 11.4 Å². The van der Waals surface area contributed by atoms with Crippen LogP contribution in [0.2, 0.25) is 0 Å². The normalized spacial score (nSPS) is 19.4. The molecule has 0 spiro atoms. The van der Waals surface area contributed by atoms with Gasteiger partial charge < -0.3 is 24.9 Å². The number of aromatic nitrogens is 2. The quantitative estimate of drug-likeness (QED) is 0.608. The summed E-state index contributed by atoms with van der Waals surface area (Å²) in [6, 6.07) is 7.69. The predicted octanol–water partition coefficient (Wildman–Crippen LogP) is -1.28. The van der Waals surface area contributed by atoms with Gasteiger partial charge in [-0.2, -0.15) is 4.98 Å².